The highest BCUT2D eigenvalue weighted by molar-refractivity contribution is 7.98. The number of thioether (sulfide) groups is 1. The molecule has 19 heavy (non-hydrogen) atoms. The first-order valence-electron chi connectivity index (χ1n) is 5.33. The second kappa shape index (κ2) is 5.79. The van der Waals surface area contributed by atoms with E-state index in [2.05, 4.69) is 4.98 Å². The molecule has 0 amide bonds. The first-order valence-corrected chi connectivity index (χ1v) is 6.31. The minimum atomic E-state index is -1.07. The van der Waals surface area contributed by atoms with Crippen molar-refractivity contribution in [3.05, 3.63) is 59.3 Å². The lowest BCUT2D eigenvalue weighted by Gasteiger charge is -2.05. The quantitative estimate of drug-likeness (QED) is 0.873. The molecule has 0 bridgehead atoms. The van der Waals surface area contributed by atoms with E-state index in [1.54, 1.807) is 0 Å². The maximum Gasteiger partial charge on any atom is 0.338 e. The van der Waals surface area contributed by atoms with E-state index >= 15 is 0 Å². The summed E-state index contributed by atoms with van der Waals surface area (Å²) in [4.78, 5) is 14.9. The van der Waals surface area contributed by atoms with E-state index in [1.807, 2.05) is 0 Å². The summed E-state index contributed by atoms with van der Waals surface area (Å²) < 4.78 is 25.8. The molecule has 0 saturated heterocycles. The number of carboxylic acids is 1. The number of rotatable bonds is 4. The first-order chi connectivity index (χ1) is 9.08. The fraction of sp³-hybridized carbons (Fsp3) is 0.0769. The smallest absolute Gasteiger partial charge is 0.338 e. The molecular formula is C13H9F2NO2S. The van der Waals surface area contributed by atoms with Gasteiger partial charge in [0.15, 0.2) is 11.6 Å². The molecule has 1 aromatic carbocycles. The van der Waals surface area contributed by atoms with E-state index in [4.69, 9.17) is 5.11 Å². The first kappa shape index (κ1) is 13.5. The summed E-state index contributed by atoms with van der Waals surface area (Å²) >= 11 is 1.16. The molecule has 1 heterocycles. The van der Waals surface area contributed by atoms with Gasteiger partial charge in [0.2, 0.25) is 0 Å². The van der Waals surface area contributed by atoms with Crippen LogP contribution in [-0.2, 0) is 5.75 Å². The van der Waals surface area contributed by atoms with Crippen LogP contribution in [-0.4, -0.2) is 16.1 Å². The molecule has 0 spiro atoms. The average Bonchev–Trinajstić information content (AvgIpc) is 2.40. The lowest BCUT2D eigenvalue weighted by molar-refractivity contribution is 0.0692. The van der Waals surface area contributed by atoms with Crippen molar-refractivity contribution < 1.29 is 18.7 Å². The molecule has 0 aliphatic heterocycles. The van der Waals surface area contributed by atoms with Gasteiger partial charge in [-0.2, -0.15) is 0 Å². The third-order valence-electron chi connectivity index (χ3n) is 2.36. The van der Waals surface area contributed by atoms with E-state index in [1.165, 1.54) is 24.4 Å². The van der Waals surface area contributed by atoms with Crippen LogP contribution in [0.25, 0.3) is 0 Å². The van der Waals surface area contributed by atoms with Crippen molar-refractivity contribution in [1.29, 1.82) is 0 Å². The van der Waals surface area contributed by atoms with Gasteiger partial charge in [0.25, 0.3) is 0 Å². The molecule has 0 radical (unpaired) electrons. The van der Waals surface area contributed by atoms with Crippen molar-refractivity contribution >= 4 is 17.7 Å². The normalized spacial score (nSPS) is 10.4. The molecule has 2 rings (SSSR count). The number of benzene rings is 1. The molecule has 0 fully saturated rings. The molecular weight excluding hydrogens is 272 g/mol. The van der Waals surface area contributed by atoms with Crippen LogP contribution < -0.4 is 0 Å². The van der Waals surface area contributed by atoms with Crippen LogP contribution in [0.1, 0.15) is 15.9 Å². The van der Waals surface area contributed by atoms with Crippen LogP contribution in [0.5, 0.6) is 0 Å². The van der Waals surface area contributed by atoms with E-state index in [9.17, 15) is 13.6 Å². The molecule has 0 aliphatic rings. The molecule has 1 N–H and O–H groups in total. The van der Waals surface area contributed by atoms with E-state index in [-0.39, 0.29) is 5.56 Å². The van der Waals surface area contributed by atoms with Crippen molar-refractivity contribution in [2.75, 3.05) is 0 Å². The Hall–Kier alpha value is -1.95. The topological polar surface area (TPSA) is 50.2 Å². The number of hydrogen-bond acceptors (Lipinski definition) is 3. The molecule has 0 unspecified atom stereocenters. The summed E-state index contributed by atoms with van der Waals surface area (Å²) in [5.74, 6) is -2.58. The third-order valence-corrected chi connectivity index (χ3v) is 3.44. The Kier molecular flexibility index (Phi) is 4.11. The monoisotopic (exact) mass is 281 g/mol. The van der Waals surface area contributed by atoms with Crippen LogP contribution in [0.15, 0.2) is 41.6 Å². The Morgan fingerprint density at radius 3 is 2.74 bits per heavy atom. The fourth-order valence-corrected chi connectivity index (χ4v) is 2.38. The zero-order valence-corrected chi connectivity index (χ0v) is 10.5. The van der Waals surface area contributed by atoms with Gasteiger partial charge in [-0.3, -0.25) is 0 Å². The number of nitrogens with zero attached hydrogens (tertiary/aromatic N) is 1. The van der Waals surface area contributed by atoms with Crippen molar-refractivity contribution in [2.24, 2.45) is 0 Å². The van der Waals surface area contributed by atoms with Gasteiger partial charge in [-0.25, -0.2) is 18.6 Å². The van der Waals surface area contributed by atoms with Gasteiger partial charge in [-0.05, 0) is 29.8 Å². The van der Waals surface area contributed by atoms with Crippen molar-refractivity contribution in [1.82, 2.24) is 4.98 Å². The zero-order chi connectivity index (χ0) is 13.8. The number of halogens is 2. The second-order valence-electron chi connectivity index (χ2n) is 3.70. The lowest BCUT2D eigenvalue weighted by atomic mass is 10.2. The molecule has 6 heteroatoms. The highest BCUT2D eigenvalue weighted by Crippen LogP contribution is 2.24. The predicted molar refractivity (Wildman–Crippen MR) is 67.1 cm³/mol. The minimum Gasteiger partial charge on any atom is -0.478 e. The summed E-state index contributed by atoms with van der Waals surface area (Å²) in [5, 5.41) is 9.33. The minimum absolute atomic E-state index is 0.0927. The predicted octanol–water partition coefficient (Wildman–Crippen LogP) is 3.35. The van der Waals surface area contributed by atoms with Crippen LogP contribution >= 0.6 is 11.8 Å². The molecule has 1 aromatic heterocycles. The summed E-state index contributed by atoms with van der Waals surface area (Å²) in [7, 11) is 0. The Labute approximate surface area is 112 Å². The van der Waals surface area contributed by atoms with Gasteiger partial charge in [0.1, 0.15) is 5.03 Å². The summed E-state index contributed by atoms with van der Waals surface area (Å²) in [5.41, 5.74) is 0.654. The van der Waals surface area contributed by atoms with E-state index in [0.29, 0.717) is 16.3 Å². The van der Waals surface area contributed by atoms with Crippen LogP contribution in [0.2, 0.25) is 0 Å². The number of carbonyl (C=O) groups is 1. The van der Waals surface area contributed by atoms with Gasteiger partial charge in [0, 0.05) is 11.9 Å². The van der Waals surface area contributed by atoms with Crippen molar-refractivity contribution in [3.8, 4) is 0 Å². The summed E-state index contributed by atoms with van der Waals surface area (Å²) in [6.07, 6.45) is 1.49. The Bertz CT molecular complexity index is 619. The molecule has 0 aliphatic carbocycles. The van der Waals surface area contributed by atoms with Gasteiger partial charge < -0.3 is 5.11 Å². The maximum absolute atomic E-state index is 13.0. The number of pyridine rings is 1. The Morgan fingerprint density at radius 1 is 1.26 bits per heavy atom. The Balaban J connectivity index is 2.14. The summed E-state index contributed by atoms with van der Waals surface area (Å²) in [6, 6.07) is 6.57. The van der Waals surface area contributed by atoms with E-state index < -0.39 is 17.6 Å². The Morgan fingerprint density at radius 2 is 2.05 bits per heavy atom. The number of hydrogen-bond donors (Lipinski definition) is 1. The van der Waals surface area contributed by atoms with Crippen molar-refractivity contribution in [2.45, 2.75) is 10.8 Å². The molecule has 0 saturated carbocycles. The van der Waals surface area contributed by atoms with Crippen molar-refractivity contribution in [3.63, 3.8) is 0 Å². The van der Waals surface area contributed by atoms with Gasteiger partial charge in [-0.15, -0.1) is 11.8 Å². The zero-order valence-electron chi connectivity index (χ0n) is 9.64. The average molecular weight is 281 g/mol. The highest BCUT2D eigenvalue weighted by Gasteiger charge is 2.11. The molecule has 2 aromatic rings. The van der Waals surface area contributed by atoms with Crippen LogP contribution in [0.4, 0.5) is 8.78 Å². The van der Waals surface area contributed by atoms with Crippen LogP contribution in [0.3, 0.4) is 0 Å². The van der Waals surface area contributed by atoms with Gasteiger partial charge in [-0.1, -0.05) is 6.07 Å². The second-order valence-corrected chi connectivity index (χ2v) is 4.66. The SMILES string of the molecule is O=C(O)c1cccnc1SCc1ccc(F)c(F)c1. The number of aromatic carboxylic acids is 1. The molecule has 3 nitrogen and oxygen atoms in total. The molecule has 0 atom stereocenters. The van der Waals surface area contributed by atoms with Crippen LogP contribution in [0, 0.1) is 11.6 Å². The lowest BCUT2D eigenvalue weighted by Crippen LogP contribution is -2.00. The van der Waals surface area contributed by atoms with Gasteiger partial charge >= 0.3 is 5.97 Å². The fourth-order valence-electron chi connectivity index (χ4n) is 1.45. The largest absolute Gasteiger partial charge is 0.478 e. The van der Waals surface area contributed by atoms with E-state index in [0.717, 1.165) is 23.9 Å². The van der Waals surface area contributed by atoms with Gasteiger partial charge in [0.05, 0.1) is 5.56 Å². The molecule has 98 valence electrons. The summed E-state index contributed by atoms with van der Waals surface area (Å²) in [6.45, 7) is 0. The number of carboxylic acid groups (broad SMARTS) is 1. The standard InChI is InChI=1S/C13H9F2NO2S/c14-10-4-3-8(6-11(10)15)7-19-12-9(13(17)18)2-1-5-16-12/h1-6H,7H2,(H,17,18). The maximum atomic E-state index is 13.0. The third kappa shape index (κ3) is 3.29. The number of aromatic nitrogens is 1. The highest BCUT2D eigenvalue weighted by atomic mass is 32.2.